The highest BCUT2D eigenvalue weighted by Gasteiger charge is 2.27. The van der Waals surface area contributed by atoms with Crippen LogP contribution in [-0.4, -0.2) is 45.3 Å². The van der Waals surface area contributed by atoms with Crippen LogP contribution in [0.5, 0.6) is 0 Å². The van der Waals surface area contributed by atoms with E-state index in [1.165, 1.54) is 35.3 Å². The lowest BCUT2D eigenvalue weighted by Crippen LogP contribution is -2.36. The van der Waals surface area contributed by atoms with Crippen LogP contribution >= 0.6 is 11.3 Å². The van der Waals surface area contributed by atoms with Crippen molar-refractivity contribution in [1.29, 1.82) is 0 Å². The van der Waals surface area contributed by atoms with Crippen molar-refractivity contribution in [3.63, 3.8) is 0 Å². The van der Waals surface area contributed by atoms with Crippen molar-refractivity contribution in [1.82, 2.24) is 19.7 Å². The van der Waals surface area contributed by atoms with E-state index in [1.54, 1.807) is 30.1 Å². The number of halogens is 1. The van der Waals surface area contributed by atoms with Gasteiger partial charge in [0.05, 0.1) is 25.0 Å². The van der Waals surface area contributed by atoms with Crippen molar-refractivity contribution >= 4 is 28.5 Å². The molecule has 0 saturated carbocycles. The minimum Gasteiger partial charge on any atom is -0.453 e. The standard InChI is InChI=1S/C19H18FN5O3S/c1-24-15(9-14(23-24)11-3-5-12(20)6-4-11)17(26)25-8-7-13-16(10-25)29-18(21-13)22-19(27)28-2/h3-6,9H,7-8,10H2,1-2H3,(H,21,22,27). The van der Waals surface area contributed by atoms with E-state index < -0.39 is 6.09 Å². The van der Waals surface area contributed by atoms with Crippen molar-refractivity contribution in [3.05, 3.63) is 52.4 Å². The molecule has 0 bridgehead atoms. The Morgan fingerprint density at radius 1 is 1.28 bits per heavy atom. The van der Waals surface area contributed by atoms with Crippen LogP contribution in [0.15, 0.2) is 30.3 Å². The molecule has 0 unspecified atom stereocenters. The summed E-state index contributed by atoms with van der Waals surface area (Å²) < 4.78 is 19.3. The highest BCUT2D eigenvalue weighted by molar-refractivity contribution is 7.15. The summed E-state index contributed by atoms with van der Waals surface area (Å²) in [7, 11) is 3.00. The van der Waals surface area contributed by atoms with Gasteiger partial charge < -0.3 is 9.64 Å². The van der Waals surface area contributed by atoms with Crippen LogP contribution < -0.4 is 5.32 Å². The first kappa shape index (κ1) is 19.1. The molecule has 1 aliphatic heterocycles. The molecule has 3 heterocycles. The number of methoxy groups -OCH3 is 1. The largest absolute Gasteiger partial charge is 0.453 e. The van der Waals surface area contributed by atoms with Crippen molar-refractivity contribution < 1.29 is 18.7 Å². The van der Waals surface area contributed by atoms with Gasteiger partial charge in [-0.3, -0.25) is 14.8 Å². The zero-order valence-electron chi connectivity index (χ0n) is 15.8. The third kappa shape index (κ3) is 3.83. The van der Waals surface area contributed by atoms with Crippen molar-refractivity contribution in [3.8, 4) is 11.3 Å². The second kappa shape index (κ2) is 7.63. The third-order valence-corrected chi connectivity index (χ3v) is 5.65. The summed E-state index contributed by atoms with van der Waals surface area (Å²) in [5.74, 6) is -0.467. The zero-order chi connectivity index (χ0) is 20.5. The SMILES string of the molecule is COC(=O)Nc1nc2c(s1)CN(C(=O)c1cc(-c3ccc(F)cc3)nn1C)CC2. The van der Waals surface area contributed by atoms with Crippen LogP contribution in [0.2, 0.25) is 0 Å². The van der Waals surface area contributed by atoms with Crippen LogP contribution in [0.3, 0.4) is 0 Å². The molecule has 3 aromatic rings. The number of rotatable bonds is 3. The number of hydrogen-bond donors (Lipinski definition) is 1. The number of carbonyl (C=O) groups is 2. The summed E-state index contributed by atoms with van der Waals surface area (Å²) in [6.07, 6.45) is 0.0237. The fourth-order valence-electron chi connectivity index (χ4n) is 3.15. The predicted octanol–water partition coefficient (Wildman–Crippen LogP) is 3.06. The van der Waals surface area contributed by atoms with Gasteiger partial charge in [0.25, 0.3) is 5.91 Å². The first-order valence-electron chi connectivity index (χ1n) is 8.87. The maximum atomic E-state index is 13.2. The van der Waals surface area contributed by atoms with Gasteiger partial charge in [-0.25, -0.2) is 14.2 Å². The molecule has 0 fully saturated rings. The Bertz CT molecular complexity index is 1080. The molecule has 8 nitrogen and oxygen atoms in total. The molecule has 10 heteroatoms. The van der Waals surface area contributed by atoms with Gasteiger partial charge >= 0.3 is 6.09 Å². The maximum absolute atomic E-state index is 13.2. The van der Waals surface area contributed by atoms with E-state index in [4.69, 9.17) is 0 Å². The highest BCUT2D eigenvalue weighted by atomic mass is 32.1. The number of hydrogen-bond acceptors (Lipinski definition) is 6. The Kier molecular flexibility index (Phi) is 5.01. The molecule has 4 rings (SSSR count). The second-order valence-corrected chi connectivity index (χ2v) is 7.61. The van der Waals surface area contributed by atoms with Crippen molar-refractivity contribution in [2.75, 3.05) is 19.0 Å². The van der Waals surface area contributed by atoms with Gasteiger partial charge in [-0.05, 0) is 30.3 Å². The van der Waals surface area contributed by atoms with Crippen LogP contribution in [-0.2, 0) is 24.8 Å². The average molecular weight is 415 g/mol. The number of benzene rings is 1. The Morgan fingerprint density at radius 3 is 2.76 bits per heavy atom. The maximum Gasteiger partial charge on any atom is 0.413 e. The number of thiazole rings is 1. The number of carbonyl (C=O) groups excluding carboxylic acids is 2. The number of amides is 2. The lowest BCUT2D eigenvalue weighted by molar-refractivity contribution is 0.0725. The molecule has 29 heavy (non-hydrogen) atoms. The molecular formula is C19H18FN5O3S. The molecule has 1 aromatic carbocycles. The monoisotopic (exact) mass is 415 g/mol. The lowest BCUT2D eigenvalue weighted by Gasteiger charge is -2.25. The number of aryl methyl sites for hydroxylation is 1. The molecule has 1 N–H and O–H groups in total. The van der Waals surface area contributed by atoms with Gasteiger partial charge in [-0.15, -0.1) is 0 Å². The summed E-state index contributed by atoms with van der Waals surface area (Å²) >= 11 is 1.33. The fraction of sp³-hybridized carbons (Fsp3) is 0.263. The van der Waals surface area contributed by atoms with E-state index in [0.29, 0.717) is 36.0 Å². The normalized spacial score (nSPS) is 13.1. The lowest BCUT2D eigenvalue weighted by atomic mass is 10.1. The van der Waals surface area contributed by atoms with Gasteiger partial charge in [-0.1, -0.05) is 11.3 Å². The number of ether oxygens (including phenoxy) is 1. The van der Waals surface area contributed by atoms with Gasteiger partial charge in [-0.2, -0.15) is 5.10 Å². The smallest absolute Gasteiger partial charge is 0.413 e. The summed E-state index contributed by atoms with van der Waals surface area (Å²) in [5.41, 5.74) is 2.67. The van der Waals surface area contributed by atoms with E-state index in [1.807, 2.05) is 0 Å². The van der Waals surface area contributed by atoms with E-state index in [9.17, 15) is 14.0 Å². The predicted molar refractivity (Wildman–Crippen MR) is 105 cm³/mol. The molecule has 150 valence electrons. The molecule has 0 atom stereocenters. The van der Waals surface area contributed by atoms with Gasteiger partial charge in [0.2, 0.25) is 0 Å². The van der Waals surface area contributed by atoms with Crippen LogP contribution in [0, 0.1) is 5.82 Å². The number of anilines is 1. The minimum atomic E-state index is -0.577. The summed E-state index contributed by atoms with van der Waals surface area (Å²) in [5, 5.41) is 7.41. The molecule has 0 saturated heterocycles. The molecule has 2 amide bonds. The third-order valence-electron chi connectivity index (χ3n) is 4.65. The Balaban J connectivity index is 1.52. The Morgan fingerprint density at radius 2 is 2.03 bits per heavy atom. The van der Waals surface area contributed by atoms with E-state index in [-0.39, 0.29) is 11.7 Å². The van der Waals surface area contributed by atoms with Crippen molar-refractivity contribution in [2.24, 2.45) is 7.05 Å². The molecule has 0 aliphatic carbocycles. The Labute approximate surface area is 169 Å². The van der Waals surface area contributed by atoms with Crippen LogP contribution in [0.4, 0.5) is 14.3 Å². The fourth-order valence-corrected chi connectivity index (χ4v) is 4.16. The van der Waals surface area contributed by atoms with E-state index in [0.717, 1.165) is 16.1 Å². The highest BCUT2D eigenvalue weighted by Crippen LogP contribution is 2.29. The number of fused-ring (bicyclic) bond motifs is 1. The molecule has 2 aromatic heterocycles. The molecular weight excluding hydrogens is 397 g/mol. The van der Waals surface area contributed by atoms with Crippen LogP contribution in [0.25, 0.3) is 11.3 Å². The Hall–Kier alpha value is -3.27. The van der Waals surface area contributed by atoms with Crippen molar-refractivity contribution in [2.45, 2.75) is 13.0 Å². The van der Waals surface area contributed by atoms with Gasteiger partial charge in [0.15, 0.2) is 5.13 Å². The van der Waals surface area contributed by atoms with Gasteiger partial charge in [0.1, 0.15) is 11.5 Å². The minimum absolute atomic E-state index is 0.144. The average Bonchev–Trinajstić information content (AvgIpc) is 3.30. The van der Waals surface area contributed by atoms with E-state index >= 15 is 0 Å². The summed E-state index contributed by atoms with van der Waals surface area (Å²) in [6.45, 7) is 0.927. The van der Waals surface area contributed by atoms with E-state index in [2.05, 4.69) is 20.1 Å². The number of nitrogens with zero attached hydrogens (tertiary/aromatic N) is 4. The first-order chi connectivity index (χ1) is 13.9. The summed E-state index contributed by atoms with van der Waals surface area (Å²) in [4.78, 5) is 31.5. The zero-order valence-corrected chi connectivity index (χ0v) is 16.6. The first-order valence-corrected chi connectivity index (χ1v) is 9.69. The molecule has 0 spiro atoms. The number of aromatic nitrogens is 3. The molecule has 1 aliphatic rings. The van der Waals surface area contributed by atoms with Gasteiger partial charge in [0, 0.05) is 30.5 Å². The van der Waals surface area contributed by atoms with Crippen LogP contribution in [0.1, 0.15) is 21.1 Å². The summed E-state index contributed by atoms with van der Waals surface area (Å²) in [6, 6.07) is 7.70. The second-order valence-electron chi connectivity index (χ2n) is 6.53. The number of nitrogens with one attached hydrogen (secondary N) is 1. The quantitative estimate of drug-likeness (QED) is 0.710. The molecule has 0 radical (unpaired) electrons. The topological polar surface area (TPSA) is 89.3 Å².